The van der Waals surface area contributed by atoms with E-state index in [0.717, 1.165) is 32.7 Å². The lowest BCUT2D eigenvalue weighted by atomic mass is 9.91. The highest BCUT2D eigenvalue weighted by Gasteiger charge is 2.28. The largest absolute Gasteiger partial charge is 0.259 e. The Hall–Kier alpha value is -2.94. The van der Waals surface area contributed by atoms with Crippen LogP contribution in [0.2, 0.25) is 0 Å². The maximum absolute atomic E-state index is 4.73. The molecule has 162 valence electrons. The summed E-state index contributed by atoms with van der Waals surface area (Å²) in [6.45, 7) is 14.7. The molecular weight excluding hydrogens is 408 g/mol. The maximum Gasteiger partial charge on any atom is 0.184 e. The number of H-pyrrole nitrogens is 2. The first-order chi connectivity index (χ1) is 14.6. The van der Waals surface area contributed by atoms with Gasteiger partial charge in [-0.05, 0) is 19.1 Å². The second-order valence-corrected chi connectivity index (χ2v) is 10.7. The van der Waals surface area contributed by atoms with Crippen LogP contribution in [0, 0.1) is 6.92 Å². The van der Waals surface area contributed by atoms with Crippen LogP contribution in [0.4, 0.5) is 11.5 Å². The number of aryl methyl sites for hydroxylation is 1. The van der Waals surface area contributed by atoms with Gasteiger partial charge < -0.3 is 0 Å². The van der Waals surface area contributed by atoms with Crippen LogP contribution in [0.25, 0.3) is 5.65 Å². The molecule has 0 amide bonds. The molecule has 0 saturated carbocycles. The Morgan fingerprint density at radius 3 is 2.19 bits per heavy atom. The van der Waals surface area contributed by atoms with Crippen molar-refractivity contribution in [2.24, 2.45) is 10.2 Å². The van der Waals surface area contributed by atoms with Crippen molar-refractivity contribution in [3.05, 3.63) is 47.5 Å². The Morgan fingerprint density at radius 1 is 0.871 bits per heavy atom. The summed E-state index contributed by atoms with van der Waals surface area (Å²) in [5.74, 6) is 1.41. The molecule has 0 aliphatic carbocycles. The minimum atomic E-state index is -0.195. The molecule has 0 unspecified atom stereocenters. The summed E-state index contributed by atoms with van der Waals surface area (Å²) in [5, 5.41) is 28.9. The third-order valence-electron chi connectivity index (χ3n) is 4.83. The topological polar surface area (TPSA) is 99.4 Å². The van der Waals surface area contributed by atoms with E-state index in [9.17, 15) is 0 Å². The summed E-state index contributed by atoms with van der Waals surface area (Å²) in [6, 6.07) is 10.2. The summed E-state index contributed by atoms with van der Waals surface area (Å²) in [5.41, 5.74) is 2.92. The fourth-order valence-electron chi connectivity index (χ4n) is 3.23. The molecule has 4 aromatic rings. The molecule has 0 atom stereocenters. The first kappa shape index (κ1) is 21.3. The van der Waals surface area contributed by atoms with E-state index in [1.807, 2.05) is 25.1 Å². The fourth-order valence-corrected chi connectivity index (χ4v) is 4.39. The van der Waals surface area contributed by atoms with Crippen LogP contribution in [0.15, 0.2) is 50.4 Å². The lowest BCUT2D eigenvalue weighted by molar-refractivity contribution is 0.556. The van der Waals surface area contributed by atoms with Crippen LogP contribution in [0.1, 0.15) is 58.8 Å². The fraction of sp³-hybridized carbons (Fsp3) is 0.409. The molecule has 0 bridgehead atoms. The predicted molar refractivity (Wildman–Crippen MR) is 123 cm³/mol. The Labute approximate surface area is 186 Å². The zero-order chi connectivity index (χ0) is 22.4. The molecule has 0 spiro atoms. The van der Waals surface area contributed by atoms with Gasteiger partial charge in [-0.2, -0.15) is 19.8 Å². The van der Waals surface area contributed by atoms with Crippen molar-refractivity contribution >= 4 is 28.9 Å². The normalized spacial score (nSPS) is 13.0. The van der Waals surface area contributed by atoms with Gasteiger partial charge in [0.15, 0.2) is 17.2 Å². The first-order valence-corrected chi connectivity index (χ1v) is 11.0. The lowest BCUT2D eigenvalue weighted by Gasteiger charge is -2.17. The van der Waals surface area contributed by atoms with E-state index in [4.69, 9.17) is 5.10 Å². The van der Waals surface area contributed by atoms with Gasteiger partial charge in [0, 0.05) is 15.7 Å². The Kier molecular flexibility index (Phi) is 5.25. The SMILES string of the molecule is Cc1n[nH]c2c(N=Nc3[nH]nc(C(C)(C)C)c3Sc3ccccc3)c(C(C)(C)C)nn12. The second-order valence-electron chi connectivity index (χ2n) is 9.59. The Morgan fingerprint density at radius 2 is 1.55 bits per heavy atom. The minimum absolute atomic E-state index is 0.135. The van der Waals surface area contributed by atoms with Crippen LogP contribution in [-0.2, 0) is 10.8 Å². The molecular formula is C22H28N8S. The maximum atomic E-state index is 4.73. The molecule has 0 aliphatic heterocycles. The molecule has 0 fully saturated rings. The van der Waals surface area contributed by atoms with Crippen molar-refractivity contribution in [3.8, 4) is 0 Å². The highest BCUT2D eigenvalue weighted by atomic mass is 32.2. The molecule has 1 aromatic carbocycles. The molecule has 3 heterocycles. The predicted octanol–water partition coefficient (Wildman–Crippen LogP) is 6.25. The van der Waals surface area contributed by atoms with Crippen molar-refractivity contribution in [3.63, 3.8) is 0 Å². The molecule has 31 heavy (non-hydrogen) atoms. The van der Waals surface area contributed by atoms with E-state index in [0.29, 0.717) is 11.5 Å². The smallest absolute Gasteiger partial charge is 0.184 e. The molecule has 0 aliphatic rings. The van der Waals surface area contributed by atoms with Gasteiger partial charge in [-0.25, -0.2) is 0 Å². The van der Waals surface area contributed by atoms with E-state index < -0.39 is 0 Å². The van der Waals surface area contributed by atoms with Crippen molar-refractivity contribution in [2.45, 2.75) is 69.1 Å². The highest BCUT2D eigenvalue weighted by molar-refractivity contribution is 7.99. The number of azo groups is 1. The van der Waals surface area contributed by atoms with E-state index in [1.54, 1.807) is 16.3 Å². The Balaban J connectivity index is 1.81. The first-order valence-electron chi connectivity index (χ1n) is 10.2. The minimum Gasteiger partial charge on any atom is -0.259 e. The van der Waals surface area contributed by atoms with Crippen LogP contribution in [0.5, 0.6) is 0 Å². The van der Waals surface area contributed by atoms with Gasteiger partial charge in [0.2, 0.25) is 0 Å². The Bertz CT molecular complexity index is 1230. The van der Waals surface area contributed by atoms with E-state index in [-0.39, 0.29) is 10.8 Å². The molecule has 0 radical (unpaired) electrons. The highest BCUT2D eigenvalue weighted by Crippen LogP contribution is 2.42. The third kappa shape index (κ3) is 4.14. The van der Waals surface area contributed by atoms with Crippen molar-refractivity contribution < 1.29 is 0 Å². The number of fused-ring (bicyclic) bond motifs is 1. The zero-order valence-corrected chi connectivity index (χ0v) is 19.8. The summed E-state index contributed by atoms with van der Waals surface area (Å²) < 4.78 is 1.78. The number of benzene rings is 1. The average molecular weight is 437 g/mol. The number of hydrogen-bond donors (Lipinski definition) is 2. The summed E-state index contributed by atoms with van der Waals surface area (Å²) in [4.78, 5) is 2.10. The van der Waals surface area contributed by atoms with E-state index in [2.05, 4.69) is 84.3 Å². The van der Waals surface area contributed by atoms with Crippen LogP contribution in [0.3, 0.4) is 0 Å². The van der Waals surface area contributed by atoms with Crippen molar-refractivity contribution in [1.82, 2.24) is 30.0 Å². The number of aromatic nitrogens is 6. The zero-order valence-electron chi connectivity index (χ0n) is 19.0. The van der Waals surface area contributed by atoms with Gasteiger partial charge in [-0.3, -0.25) is 10.2 Å². The average Bonchev–Trinajstić information content (AvgIpc) is 3.35. The number of aromatic amines is 2. The van der Waals surface area contributed by atoms with Gasteiger partial charge in [0.05, 0.1) is 16.3 Å². The van der Waals surface area contributed by atoms with Crippen molar-refractivity contribution in [1.29, 1.82) is 0 Å². The van der Waals surface area contributed by atoms with E-state index in [1.165, 1.54) is 0 Å². The van der Waals surface area contributed by atoms with Crippen LogP contribution in [-0.4, -0.2) is 30.0 Å². The molecule has 8 nitrogen and oxygen atoms in total. The van der Waals surface area contributed by atoms with Gasteiger partial charge in [-0.15, -0.1) is 10.2 Å². The van der Waals surface area contributed by atoms with Gasteiger partial charge in [0.25, 0.3) is 0 Å². The quantitative estimate of drug-likeness (QED) is 0.369. The summed E-state index contributed by atoms with van der Waals surface area (Å²) >= 11 is 1.64. The third-order valence-corrected chi connectivity index (χ3v) is 5.93. The molecule has 3 aromatic heterocycles. The number of rotatable bonds is 4. The van der Waals surface area contributed by atoms with Crippen LogP contribution >= 0.6 is 11.8 Å². The van der Waals surface area contributed by atoms with E-state index >= 15 is 0 Å². The van der Waals surface area contributed by atoms with Crippen LogP contribution < -0.4 is 0 Å². The summed E-state index contributed by atoms with van der Waals surface area (Å²) in [7, 11) is 0. The van der Waals surface area contributed by atoms with Gasteiger partial charge in [0.1, 0.15) is 5.82 Å². The summed E-state index contributed by atoms with van der Waals surface area (Å²) in [6.07, 6.45) is 0. The number of hydrogen-bond acceptors (Lipinski definition) is 6. The molecule has 2 N–H and O–H groups in total. The molecule has 4 rings (SSSR count). The van der Waals surface area contributed by atoms with Gasteiger partial charge >= 0.3 is 0 Å². The number of nitrogens with zero attached hydrogens (tertiary/aromatic N) is 6. The molecule has 9 heteroatoms. The molecule has 0 saturated heterocycles. The number of nitrogens with one attached hydrogen (secondary N) is 2. The lowest BCUT2D eigenvalue weighted by Crippen LogP contribution is -2.12. The standard InChI is InChI=1S/C22H28N8S/c1-13-23-28-20-15(17(21(2,3)4)29-30(13)20)24-26-19-16(18(25-27-19)22(5,6)7)31-14-11-9-8-10-12-14/h8-12,28H,1-7H3,(H,25,27). The van der Waals surface area contributed by atoms with Gasteiger partial charge in [-0.1, -0.05) is 71.5 Å². The second kappa shape index (κ2) is 7.64. The monoisotopic (exact) mass is 436 g/mol. The van der Waals surface area contributed by atoms with Crippen molar-refractivity contribution in [2.75, 3.05) is 0 Å².